The lowest BCUT2D eigenvalue weighted by molar-refractivity contribution is -0.142. The minimum atomic E-state index is -1.12. The number of carbonyl (C=O) groups is 2. The van der Waals surface area contributed by atoms with Crippen LogP contribution in [0.2, 0.25) is 0 Å². The molecule has 2 N–H and O–H groups in total. The van der Waals surface area contributed by atoms with Crippen LogP contribution in [0.1, 0.15) is 23.8 Å². The van der Waals surface area contributed by atoms with Gasteiger partial charge < -0.3 is 15.3 Å². The summed E-state index contributed by atoms with van der Waals surface area (Å²) in [6.45, 7) is 0.576. The lowest BCUT2D eigenvalue weighted by Gasteiger charge is -2.25. The molecule has 0 spiro atoms. The van der Waals surface area contributed by atoms with Crippen molar-refractivity contribution in [3.8, 4) is 0 Å². The number of thiophene rings is 1. The van der Waals surface area contributed by atoms with Crippen LogP contribution in [0.5, 0.6) is 0 Å². The maximum absolute atomic E-state index is 12.1. The van der Waals surface area contributed by atoms with Gasteiger partial charge in [0.1, 0.15) is 6.17 Å². The lowest BCUT2D eigenvalue weighted by Crippen LogP contribution is -2.45. The van der Waals surface area contributed by atoms with Crippen molar-refractivity contribution in [1.29, 1.82) is 0 Å². The number of amides is 2. The van der Waals surface area contributed by atoms with Gasteiger partial charge in [0.2, 0.25) is 6.41 Å². The minimum absolute atomic E-state index is 0.283. The molecule has 0 aromatic carbocycles. The second-order valence-electron chi connectivity index (χ2n) is 3.89. The first-order chi connectivity index (χ1) is 8.24. The van der Waals surface area contributed by atoms with E-state index in [1.807, 2.05) is 5.38 Å². The van der Waals surface area contributed by atoms with Gasteiger partial charge in [-0.05, 0) is 24.3 Å². The Morgan fingerprint density at radius 3 is 3.18 bits per heavy atom. The number of rotatable bonds is 4. The third-order valence-corrected chi connectivity index (χ3v) is 3.77. The van der Waals surface area contributed by atoms with Crippen LogP contribution in [-0.2, 0) is 9.59 Å². The van der Waals surface area contributed by atoms with Crippen LogP contribution < -0.4 is 5.32 Å². The Hall–Kier alpha value is -1.40. The number of nitrogens with one attached hydrogen (secondary N) is 1. The van der Waals surface area contributed by atoms with Gasteiger partial charge in [0.15, 0.2) is 6.10 Å². The number of hydrogen-bond donors (Lipinski definition) is 2. The summed E-state index contributed by atoms with van der Waals surface area (Å²) in [5.74, 6) is -0.343. The molecule has 1 saturated heterocycles. The zero-order valence-electron chi connectivity index (χ0n) is 9.20. The first-order valence-corrected chi connectivity index (χ1v) is 6.33. The third-order valence-electron chi connectivity index (χ3n) is 2.84. The largest absolute Gasteiger partial charge is 0.378 e. The van der Waals surface area contributed by atoms with Crippen LogP contribution in [0.3, 0.4) is 0 Å². The molecule has 2 atom stereocenters. The highest BCUT2D eigenvalue weighted by molar-refractivity contribution is 7.10. The standard InChI is InChI=1S/C11H14N2O3S/c14-7-12-9-4-1-5-13(9)11(16)10(15)8-3-2-6-17-8/h2-3,6-7,9-10,15H,1,4-5H2,(H,12,14). The van der Waals surface area contributed by atoms with Gasteiger partial charge in [0.05, 0.1) is 0 Å². The van der Waals surface area contributed by atoms with Crippen LogP contribution in [0.4, 0.5) is 0 Å². The Kier molecular flexibility index (Phi) is 3.75. The first-order valence-electron chi connectivity index (χ1n) is 5.45. The molecule has 0 aliphatic carbocycles. The van der Waals surface area contributed by atoms with Crippen molar-refractivity contribution in [2.75, 3.05) is 6.54 Å². The quantitative estimate of drug-likeness (QED) is 0.768. The van der Waals surface area contributed by atoms with E-state index in [1.165, 1.54) is 16.2 Å². The van der Waals surface area contributed by atoms with Gasteiger partial charge in [-0.2, -0.15) is 0 Å². The first kappa shape index (κ1) is 12.1. The van der Waals surface area contributed by atoms with Gasteiger partial charge in [0, 0.05) is 11.4 Å². The molecule has 1 aliphatic rings. The highest BCUT2D eigenvalue weighted by Gasteiger charge is 2.32. The molecule has 2 unspecified atom stereocenters. The Bertz CT molecular complexity index is 393. The van der Waals surface area contributed by atoms with Gasteiger partial charge in [-0.25, -0.2) is 0 Å². The topological polar surface area (TPSA) is 69.6 Å². The predicted molar refractivity (Wildman–Crippen MR) is 63.2 cm³/mol. The van der Waals surface area contributed by atoms with Gasteiger partial charge in [-0.15, -0.1) is 11.3 Å². The van der Waals surface area contributed by atoms with Gasteiger partial charge >= 0.3 is 0 Å². The Balaban J connectivity index is 2.06. The lowest BCUT2D eigenvalue weighted by atomic mass is 10.2. The molecule has 5 nitrogen and oxygen atoms in total. The van der Waals surface area contributed by atoms with E-state index in [-0.39, 0.29) is 12.1 Å². The highest BCUT2D eigenvalue weighted by atomic mass is 32.1. The SMILES string of the molecule is O=CNC1CCCN1C(=O)C(O)c1cccs1. The van der Waals surface area contributed by atoms with Crippen LogP contribution in [0.25, 0.3) is 0 Å². The molecule has 92 valence electrons. The second-order valence-corrected chi connectivity index (χ2v) is 4.87. The summed E-state index contributed by atoms with van der Waals surface area (Å²) in [5, 5.41) is 14.3. The van der Waals surface area contributed by atoms with E-state index in [9.17, 15) is 14.7 Å². The normalized spacial score (nSPS) is 21.2. The van der Waals surface area contributed by atoms with E-state index in [2.05, 4.69) is 5.32 Å². The van der Waals surface area contributed by atoms with Crippen molar-refractivity contribution in [2.24, 2.45) is 0 Å². The van der Waals surface area contributed by atoms with Gasteiger partial charge in [-0.1, -0.05) is 6.07 Å². The summed E-state index contributed by atoms with van der Waals surface area (Å²) in [7, 11) is 0. The summed E-state index contributed by atoms with van der Waals surface area (Å²) < 4.78 is 0. The Labute approximate surface area is 103 Å². The molecule has 0 saturated carbocycles. The molecule has 0 bridgehead atoms. The number of aliphatic hydroxyl groups excluding tert-OH is 1. The maximum atomic E-state index is 12.1. The van der Waals surface area contributed by atoms with Crippen LogP contribution in [0, 0.1) is 0 Å². The number of aliphatic hydroxyl groups is 1. The molecule has 1 aromatic heterocycles. The second kappa shape index (κ2) is 5.29. The summed E-state index contributed by atoms with van der Waals surface area (Å²) in [4.78, 5) is 24.6. The molecule has 0 radical (unpaired) electrons. The molecule has 2 amide bonds. The van der Waals surface area contributed by atoms with Gasteiger partial charge in [-0.3, -0.25) is 9.59 Å². The van der Waals surface area contributed by atoms with Crippen molar-refractivity contribution in [3.05, 3.63) is 22.4 Å². The third kappa shape index (κ3) is 2.48. The minimum Gasteiger partial charge on any atom is -0.378 e. The van der Waals surface area contributed by atoms with E-state index < -0.39 is 6.10 Å². The summed E-state index contributed by atoms with van der Waals surface area (Å²) in [5.41, 5.74) is 0. The average Bonchev–Trinajstić information content (AvgIpc) is 2.98. The van der Waals surface area contributed by atoms with Gasteiger partial charge in [0.25, 0.3) is 5.91 Å². The van der Waals surface area contributed by atoms with Crippen molar-refractivity contribution in [1.82, 2.24) is 10.2 Å². The summed E-state index contributed by atoms with van der Waals surface area (Å²) in [6.07, 6.45) is 0.766. The van der Waals surface area contributed by atoms with Crippen LogP contribution in [-0.4, -0.2) is 35.0 Å². The fourth-order valence-electron chi connectivity index (χ4n) is 2.01. The predicted octanol–water partition coefficient (Wildman–Crippen LogP) is 0.476. The molecule has 1 aliphatic heterocycles. The van der Waals surface area contributed by atoms with E-state index >= 15 is 0 Å². The van der Waals surface area contributed by atoms with E-state index in [0.29, 0.717) is 17.8 Å². The zero-order chi connectivity index (χ0) is 12.3. The number of likely N-dealkylation sites (tertiary alicyclic amines) is 1. The zero-order valence-corrected chi connectivity index (χ0v) is 10.0. The van der Waals surface area contributed by atoms with Crippen molar-refractivity contribution >= 4 is 23.7 Å². The van der Waals surface area contributed by atoms with E-state index in [4.69, 9.17) is 0 Å². The van der Waals surface area contributed by atoms with Crippen molar-refractivity contribution in [3.63, 3.8) is 0 Å². The summed E-state index contributed by atoms with van der Waals surface area (Å²) in [6, 6.07) is 3.52. The molecular weight excluding hydrogens is 240 g/mol. The Morgan fingerprint density at radius 2 is 2.53 bits per heavy atom. The molecule has 17 heavy (non-hydrogen) atoms. The number of nitrogens with zero attached hydrogens (tertiary/aromatic N) is 1. The number of hydrogen-bond acceptors (Lipinski definition) is 4. The number of carbonyl (C=O) groups excluding carboxylic acids is 2. The molecule has 1 aromatic rings. The monoisotopic (exact) mass is 254 g/mol. The fourth-order valence-corrected chi connectivity index (χ4v) is 2.71. The Morgan fingerprint density at radius 1 is 1.71 bits per heavy atom. The van der Waals surface area contributed by atoms with E-state index in [0.717, 1.165) is 12.8 Å². The molecular formula is C11H14N2O3S. The smallest absolute Gasteiger partial charge is 0.258 e. The van der Waals surface area contributed by atoms with Crippen LogP contribution in [0.15, 0.2) is 17.5 Å². The maximum Gasteiger partial charge on any atom is 0.258 e. The van der Waals surface area contributed by atoms with Crippen LogP contribution >= 0.6 is 11.3 Å². The molecule has 2 heterocycles. The molecule has 1 fully saturated rings. The fraction of sp³-hybridized carbons (Fsp3) is 0.455. The highest BCUT2D eigenvalue weighted by Crippen LogP contribution is 2.24. The molecule has 2 rings (SSSR count). The summed E-state index contributed by atoms with van der Waals surface area (Å²) >= 11 is 1.35. The molecule has 6 heteroatoms. The van der Waals surface area contributed by atoms with Crippen molar-refractivity contribution < 1.29 is 14.7 Å². The average molecular weight is 254 g/mol. The van der Waals surface area contributed by atoms with E-state index in [1.54, 1.807) is 12.1 Å². The van der Waals surface area contributed by atoms with Crippen molar-refractivity contribution in [2.45, 2.75) is 25.1 Å².